The number of benzene rings is 3. The van der Waals surface area contributed by atoms with Crippen LogP contribution in [-0.2, 0) is 6.61 Å². The third-order valence-electron chi connectivity index (χ3n) is 4.31. The summed E-state index contributed by atoms with van der Waals surface area (Å²) < 4.78 is 17.3. The van der Waals surface area contributed by atoms with Crippen LogP contribution in [0.4, 0.5) is 0 Å². The lowest BCUT2D eigenvalue weighted by Crippen LogP contribution is -2.05. The Labute approximate surface area is 182 Å². The number of hydrogen-bond donors (Lipinski definition) is 0. The molecule has 0 bridgehead atoms. The second kappa shape index (κ2) is 11.7. The third-order valence-corrected chi connectivity index (χ3v) is 4.31. The van der Waals surface area contributed by atoms with Crippen LogP contribution in [-0.4, -0.2) is 13.2 Å². The quantitative estimate of drug-likeness (QED) is 0.324. The van der Waals surface area contributed by atoms with Crippen LogP contribution >= 0.6 is 0 Å². The van der Waals surface area contributed by atoms with E-state index in [1.165, 1.54) is 6.08 Å². The lowest BCUT2D eigenvalue weighted by atomic mass is 10.1. The maximum absolute atomic E-state index is 8.85. The van der Waals surface area contributed by atoms with Crippen LogP contribution in [0.3, 0.4) is 0 Å². The Morgan fingerprint density at radius 2 is 1.35 bits per heavy atom. The summed E-state index contributed by atoms with van der Waals surface area (Å²) in [6.45, 7) is 1.55. The molecule has 3 aromatic carbocycles. The molecule has 0 saturated heterocycles. The van der Waals surface area contributed by atoms with E-state index in [1.54, 1.807) is 6.07 Å². The molecule has 0 atom stereocenters. The zero-order valence-electron chi connectivity index (χ0n) is 17.0. The van der Waals surface area contributed by atoms with E-state index in [1.807, 2.05) is 84.9 Å². The molecule has 0 fully saturated rings. The fraction of sp³-hybridized carbons (Fsp3) is 0.154. The van der Waals surface area contributed by atoms with Crippen molar-refractivity contribution < 1.29 is 14.2 Å². The standard InChI is InChI=1S/C26H22N2O3/c27-18-23(19-28)16-22-8-4-9-26(17-22)30-15-5-14-29-24-10-12-25(13-11-24)31-20-21-6-2-1-3-7-21/h1-4,6-13,16-17H,5,14-15,20H2. The number of allylic oxidation sites excluding steroid dienone is 1. The monoisotopic (exact) mass is 410 g/mol. The van der Waals surface area contributed by atoms with Crippen molar-refractivity contribution in [2.45, 2.75) is 13.0 Å². The zero-order chi connectivity index (χ0) is 21.7. The molecule has 0 aromatic heterocycles. The molecular formula is C26H22N2O3. The van der Waals surface area contributed by atoms with Gasteiger partial charge in [-0.15, -0.1) is 0 Å². The molecule has 0 aliphatic rings. The first-order valence-electron chi connectivity index (χ1n) is 9.91. The molecule has 3 rings (SSSR count). The van der Waals surface area contributed by atoms with Crippen LogP contribution in [0.1, 0.15) is 17.5 Å². The van der Waals surface area contributed by atoms with Crippen molar-refractivity contribution in [1.29, 1.82) is 10.5 Å². The molecule has 154 valence electrons. The third kappa shape index (κ3) is 7.27. The highest BCUT2D eigenvalue weighted by atomic mass is 16.5. The Balaban J connectivity index is 1.38. The van der Waals surface area contributed by atoms with Gasteiger partial charge in [-0.25, -0.2) is 0 Å². The first-order valence-corrected chi connectivity index (χ1v) is 9.91. The van der Waals surface area contributed by atoms with E-state index in [0.717, 1.165) is 22.6 Å². The van der Waals surface area contributed by atoms with Gasteiger partial charge in [0.1, 0.15) is 41.6 Å². The van der Waals surface area contributed by atoms with Crippen molar-refractivity contribution in [1.82, 2.24) is 0 Å². The van der Waals surface area contributed by atoms with Crippen LogP contribution < -0.4 is 14.2 Å². The molecule has 0 saturated carbocycles. The minimum Gasteiger partial charge on any atom is -0.493 e. The Hall–Kier alpha value is -4.22. The van der Waals surface area contributed by atoms with Crippen molar-refractivity contribution >= 4 is 6.08 Å². The predicted molar refractivity (Wildman–Crippen MR) is 118 cm³/mol. The van der Waals surface area contributed by atoms with E-state index < -0.39 is 0 Å². The molecule has 31 heavy (non-hydrogen) atoms. The zero-order valence-corrected chi connectivity index (χ0v) is 17.0. The van der Waals surface area contributed by atoms with Crippen molar-refractivity contribution in [2.75, 3.05) is 13.2 Å². The lowest BCUT2D eigenvalue weighted by molar-refractivity contribution is 0.247. The highest BCUT2D eigenvalue weighted by molar-refractivity contribution is 5.62. The van der Waals surface area contributed by atoms with Gasteiger partial charge < -0.3 is 14.2 Å². The number of ether oxygens (including phenoxy) is 3. The van der Waals surface area contributed by atoms with Crippen molar-refractivity contribution in [3.05, 3.63) is 95.6 Å². The van der Waals surface area contributed by atoms with E-state index in [2.05, 4.69) is 0 Å². The van der Waals surface area contributed by atoms with Gasteiger partial charge in [0, 0.05) is 6.42 Å². The van der Waals surface area contributed by atoms with Crippen molar-refractivity contribution in [3.63, 3.8) is 0 Å². The van der Waals surface area contributed by atoms with Crippen LogP contribution in [0.25, 0.3) is 6.08 Å². The average molecular weight is 410 g/mol. The molecule has 0 aliphatic heterocycles. The summed E-state index contributed by atoms with van der Waals surface area (Å²) in [5.41, 5.74) is 1.93. The fourth-order valence-electron chi connectivity index (χ4n) is 2.76. The van der Waals surface area contributed by atoms with Gasteiger partial charge in [0.25, 0.3) is 0 Å². The summed E-state index contributed by atoms with van der Waals surface area (Å²) in [4.78, 5) is 0. The van der Waals surface area contributed by atoms with Crippen LogP contribution in [0.15, 0.2) is 84.4 Å². The molecule has 0 radical (unpaired) electrons. The maximum atomic E-state index is 8.85. The summed E-state index contributed by atoms with van der Waals surface area (Å²) in [6.07, 6.45) is 2.25. The molecule has 0 heterocycles. The van der Waals surface area contributed by atoms with E-state index in [-0.39, 0.29) is 5.57 Å². The molecule has 0 spiro atoms. The Bertz CT molecular complexity index is 1060. The van der Waals surface area contributed by atoms with Crippen molar-refractivity contribution in [2.24, 2.45) is 0 Å². The SMILES string of the molecule is N#CC(C#N)=Cc1cccc(OCCCOc2ccc(OCc3ccccc3)cc2)c1. The molecule has 5 nitrogen and oxygen atoms in total. The molecule has 3 aromatic rings. The summed E-state index contributed by atoms with van der Waals surface area (Å²) in [7, 11) is 0. The molecule has 0 amide bonds. The highest BCUT2D eigenvalue weighted by Crippen LogP contribution is 2.19. The first-order chi connectivity index (χ1) is 15.3. The van der Waals surface area contributed by atoms with Crippen LogP contribution in [0.5, 0.6) is 17.2 Å². The summed E-state index contributed by atoms with van der Waals surface area (Å²) >= 11 is 0. The van der Waals surface area contributed by atoms with Crippen molar-refractivity contribution in [3.8, 4) is 29.4 Å². The topological polar surface area (TPSA) is 75.3 Å². The molecule has 0 aliphatic carbocycles. The second-order valence-electron chi connectivity index (χ2n) is 6.65. The summed E-state index contributed by atoms with van der Waals surface area (Å²) in [6, 6.07) is 28.6. The highest BCUT2D eigenvalue weighted by Gasteiger charge is 2.00. The summed E-state index contributed by atoms with van der Waals surface area (Å²) in [5, 5.41) is 17.7. The molecular weight excluding hydrogens is 388 g/mol. The average Bonchev–Trinajstić information content (AvgIpc) is 2.82. The van der Waals surface area contributed by atoms with Gasteiger partial charge in [0.05, 0.1) is 13.2 Å². The Morgan fingerprint density at radius 1 is 0.710 bits per heavy atom. The van der Waals surface area contributed by atoms with Gasteiger partial charge in [-0.3, -0.25) is 0 Å². The molecule has 0 N–H and O–H groups in total. The number of nitrogens with zero attached hydrogens (tertiary/aromatic N) is 2. The predicted octanol–water partition coefficient (Wildman–Crippen LogP) is 5.54. The maximum Gasteiger partial charge on any atom is 0.130 e. The first kappa shape index (κ1) is 21.5. The second-order valence-corrected chi connectivity index (χ2v) is 6.65. The van der Waals surface area contributed by atoms with Gasteiger partial charge >= 0.3 is 0 Å². The number of nitriles is 2. The van der Waals surface area contributed by atoms with Crippen LogP contribution in [0, 0.1) is 22.7 Å². The normalized spacial score (nSPS) is 9.74. The van der Waals surface area contributed by atoms with Gasteiger partial charge in [-0.05, 0) is 53.6 Å². The fourth-order valence-corrected chi connectivity index (χ4v) is 2.76. The van der Waals surface area contributed by atoms with Gasteiger partial charge in [0.2, 0.25) is 0 Å². The smallest absolute Gasteiger partial charge is 0.130 e. The number of rotatable bonds is 10. The Kier molecular flexibility index (Phi) is 8.11. The summed E-state index contributed by atoms with van der Waals surface area (Å²) in [5.74, 6) is 2.26. The lowest BCUT2D eigenvalue weighted by Gasteiger charge is -2.10. The largest absolute Gasteiger partial charge is 0.493 e. The van der Waals surface area contributed by atoms with Gasteiger partial charge in [-0.2, -0.15) is 10.5 Å². The Morgan fingerprint density at radius 3 is 2.03 bits per heavy atom. The minimum atomic E-state index is 0.0574. The molecule has 0 unspecified atom stereocenters. The number of hydrogen-bond acceptors (Lipinski definition) is 5. The van der Waals surface area contributed by atoms with Gasteiger partial charge in [0.15, 0.2) is 0 Å². The molecule has 5 heteroatoms. The minimum absolute atomic E-state index is 0.0574. The van der Waals surface area contributed by atoms with Crippen LogP contribution in [0.2, 0.25) is 0 Å². The van der Waals surface area contributed by atoms with E-state index in [9.17, 15) is 0 Å². The van der Waals surface area contributed by atoms with E-state index >= 15 is 0 Å². The van der Waals surface area contributed by atoms with E-state index in [0.29, 0.717) is 32.0 Å². The van der Waals surface area contributed by atoms with Gasteiger partial charge in [-0.1, -0.05) is 42.5 Å². The van der Waals surface area contributed by atoms with E-state index in [4.69, 9.17) is 24.7 Å².